The van der Waals surface area contributed by atoms with Crippen LogP contribution in [0.5, 0.6) is 0 Å². The van der Waals surface area contributed by atoms with Crippen LogP contribution in [0.25, 0.3) is 11.0 Å². The van der Waals surface area contributed by atoms with Crippen molar-refractivity contribution in [1.29, 1.82) is 0 Å². The van der Waals surface area contributed by atoms with Crippen molar-refractivity contribution >= 4 is 47.6 Å². The van der Waals surface area contributed by atoms with Gasteiger partial charge in [-0.2, -0.15) is 9.19 Å². The van der Waals surface area contributed by atoms with Gasteiger partial charge in [0.15, 0.2) is 6.29 Å². The molecule has 0 amide bonds. The van der Waals surface area contributed by atoms with Crippen molar-refractivity contribution in [2.24, 2.45) is 0 Å². The summed E-state index contributed by atoms with van der Waals surface area (Å²) in [5.41, 5.74) is 3.18. The normalized spacial score (nSPS) is 10.7. The van der Waals surface area contributed by atoms with Gasteiger partial charge in [0.05, 0.1) is 5.69 Å². The van der Waals surface area contributed by atoms with Crippen LogP contribution in [0.1, 0.15) is 16.1 Å². The van der Waals surface area contributed by atoms with Gasteiger partial charge in [0.2, 0.25) is 0 Å². The van der Waals surface area contributed by atoms with E-state index in [4.69, 9.17) is 0 Å². The lowest BCUT2D eigenvalue weighted by atomic mass is 10.2. The Bertz CT molecular complexity index is 497. The highest BCUT2D eigenvalue weighted by molar-refractivity contribution is 14.2. The molecule has 0 saturated heterocycles. The number of aldehydes is 1. The lowest BCUT2D eigenvalue weighted by Gasteiger charge is -1.94. The monoisotopic (exact) mass is 319 g/mol. The second kappa shape index (κ2) is 3.85. The minimum Gasteiger partial charge on any atom is -0.298 e. The number of carbonyl (C=O) groups excluding carboxylic acids is 1. The van der Waals surface area contributed by atoms with Crippen LogP contribution < -0.4 is 0 Å². The molecule has 6 heteroatoms. The summed E-state index contributed by atoms with van der Waals surface area (Å²) >= 11 is 2.14. The average molecular weight is 319 g/mol. The molecule has 0 atom stereocenters. The number of aryl methyl sites for hydroxylation is 1. The molecular formula is C8H6IN3OS. The number of pyridine rings is 1. The largest absolute Gasteiger partial charge is 0.298 e. The van der Waals surface area contributed by atoms with E-state index in [1.165, 1.54) is 9.12 Å². The van der Waals surface area contributed by atoms with Crippen molar-refractivity contribution in [3.8, 4) is 0 Å². The third-order valence-electron chi connectivity index (χ3n) is 1.88. The summed E-state index contributed by atoms with van der Waals surface area (Å²) in [5.74, 6) is 0. The molecule has 2 rings (SSSR count). The van der Waals surface area contributed by atoms with E-state index >= 15 is 0 Å². The van der Waals surface area contributed by atoms with Gasteiger partial charge in [0.1, 0.15) is 11.0 Å². The van der Waals surface area contributed by atoms with Crippen LogP contribution in [0.2, 0.25) is 0 Å². The van der Waals surface area contributed by atoms with E-state index in [-0.39, 0.29) is 0 Å². The molecule has 14 heavy (non-hydrogen) atoms. The zero-order valence-electron chi connectivity index (χ0n) is 7.27. The lowest BCUT2D eigenvalue weighted by Crippen LogP contribution is -1.87. The molecule has 2 aromatic rings. The van der Waals surface area contributed by atoms with Crippen molar-refractivity contribution in [2.75, 3.05) is 0 Å². The molecule has 0 aliphatic heterocycles. The fourth-order valence-corrected chi connectivity index (χ4v) is 2.52. The zero-order valence-corrected chi connectivity index (χ0v) is 10.2. The van der Waals surface area contributed by atoms with Gasteiger partial charge in [-0.1, -0.05) is 0 Å². The number of aromatic nitrogens is 3. The first kappa shape index (κ1) is 9.91. The molecular weight excluding hydrogens is 313 g/mol. The third-order valence-corrected chi connectivity index (χ3v) is 3.41. The van der Waals surface area contributed by atoms with Gasteiger partial charge in [-0.3, -0.25) is 9.78 Å². The van der Waals surface area contributed by atoms with Gasteiger partial charge in [-0.25, -0.2) is 0 Å². The van der Waals surface area contributed by atoms with Crippen LogP contribution in [0.15, 0.2) is 12.3 Å². The molecule has 4 nitrogen and oxygen atoms in total. The van der Waals surface area contributed by atoms with Gasteiger partial charge >= 0.3 is 0 Å². The maximum absolute atomic E-state index is 10.6. The Hall–Kier alpha value is -0.630. The summed E-state index contributed by atoms with van der Waals surface area (Å²) in [7, 11) is 1.46. The molecule has 0 aliphatic carbocycles. The van der Waals surface area contributed by atoms with E-state index in [9.17, 15) is 4.79 Å². The van der Waals surface area contributed by atoms with Crippen molar-refractivity contribution in [3.63, 3.8) is 0 Å². The highest BCUT2D eigenvalue weighted by Gasteiger charge is 2.08. The van der Waals surface area contributed by atoms with Crippen molar-refractivity contribution in [3.05, 3.63) is 23.5 Å². The highest BCUT2D eigenvalue weighted by atomic mass is 127. The Kier molecular flexibility index (Phi) is 2.73. The maximum atomic E-state index is 10.6. The van der Waals surface area contributed by atoms with Crippen LogP contribution in [0.3, 0.4) is 0 Å². The highest BCUT2D eigenvalue weighted by Crippen LogP contribution is 2.24. The summed E-state index contributed by atoms with van der Waals surface area (Å²) in [4.78, 5) is 14.8. The molecule has 0 unspecified atom stereocenters. The second-order valence-corrected chi connectivity index (χ2v) is 4.45. The Morgan fingerprint density at radius 1 is 1.64 bits per heavy atom. The zero-order chi connectivity index (χ0) is 10.1. The quantitative estimate of drug-likeness (QED) is 0.630. The summed E-state index contributed by atoms with van der Waals surface area (Å²) in [6, 6.07) is 1.79. The van der Waals surface area contributed by atoms with Gasteiger partial charge in [-0.15, -0.1) is 0 Å². The van der Waals surface area contributed by atoms with E-state index in [2.05, 4.69) is 31.3 Å². The van der Waals surface area contributed by atoms with E-state index in [0.29, 0.717) is 5.56 Å². The summed E-state index contributed by atoms with van der Waals surface area (Å²) in [6.45, 7) is 1.90. The van der Waals surface area contributed by atoms with Gasteiger partial charge < -0.3 is 0 Å². The number of halogens is 1. The number of hydrogen-bond donors (Lipinski definition) is 0. The third kappa shape index (κ3) is 1.52. The van der Waals surface area contributed by atoms with Gasteiger partial charge in [-0.05, 0) is 13.0 Å². The number of hydrogen-bond acceptors (Lipinski definition) is 4. The van der Waals surface area contributed by atoms with Crippen LogP contribution >= 0.6 is 30.3 Å². The molecule has 0 radical (unpaired) electrons. The van der Waals surface area contributed by atoms with Crippen molar-refractivity contribution < 1.29 is 4.79 Å². The van der Waals surface area contributed by atoms with E-state index in [1.807, 2.05) is 6.92 Å². The number of fused-ring (bicyclic) bond motifs is 1. The SMILES string of the molecule is Cc1nn(SI)c2cc(C=O)cnc12. The summed E-state index contributed by atoms with van der Waals surface area (Å²) < 4.78 is 1.76. The number of nitrogens with zero attached hydrogens (tertiary/aromatic N) is 3. The molecule has 0 N–H and O–H groups in total. The molecule has 0 spiro atoms. The lowest BCUT2D eigenvalue weighted by molar-refractivity contribution is 0.112. The summed E-state index contributed by atoms with van der Waals surface area (Å²) in [6.07, 6.45) is 2.35. The fraction of sp³-hybridized carbons (Fsp3) is 0.125. The molecule has 0 aliphatic rings. The second-order valence-electron chi connectivity index (χ2n) is 2.78. The fourth-order valence-electron chi connectivity index (χ4n) is 1.25. The van der Waals surface area contributed by atoms with Crippen LogP contribution in [0.4, 0.5) is 0 Å². The number of carbonyl (C=O) groups is 1. The molecule has 0 fully saturated rings. The summed E-state index contributed by atoms with van der Waals surface area (Å²) in [5, 5.41) is 4.28. The average Bonchev–Trinajstić information content (AvgIpc) is 2.55. The van der Waals surface area contributed by atoms with E-state index in [1.54, 1.807) is 16.4 Å². The van der Waals surface area contributed by atoms with Crippen LogP contribution in [-0.4, -0.2) is 20.5 Å². The van der Waals surface area contributed by atoms with Crippen LogP contribution in [-0.2, 0) is 0 Å². The maximum Gasteiger partial charge on any atom is 0.151 e. The molecule has 0 bridgehead atoms. The molecule has 0 saturated carbocycles. The minimum absolute atomic E-state index is 0.573. The standard InChI is InChI=1S/C8H6IN3OS/c1-5-8-7(12(11-5)14-9)2-6(4-13)3-10-8/h2-4H,1H3. The number of rotatable bonds is 2. The van der Waals surface area contributed by atoms with E-state index in [0.717, 1.165) is 23.0 Å². The Balaban J connectivity index is 2.77. The smallest absolute Gasteiger partial charge is 0.151 e. The first-order valence-corrected chi connectivity index (χ1v) is 7.17. The van der Waals surface area contributed by atoms with Crippen molar-refractivity contribution in [1.82, 2.24) is 14.2 Å². The molecule has 2 heterocycles. The molecule has 72 valence electrons. The van der Waals surface area contributed by atoms with Crippen LogP contribution in [0, 0.1) is 6.92 Å². The molecule has 2 aromatic heterocycles. The minimum atomic E-state index is 0.573. The predicted octanol–water partition coefficient (Wildman–Crippen LogP) is 2.40. The Morgan fingerprint density at radius 3 is 3.07 bits per heavy atom. The predicted molar refractivity (Wildman–Crippen MR) is 64.7 cm³/mol. The Labute approximate surface area is 96.8 Å². The Morgan fingerprint density at radius 2 is 2.43 bits per heavy atom. The first-order chi connectivity index (χ1) is 6.76. The molecule has 0 aromatic carbocycles. The topological polar surface area (TPSA) is 47.8 Å². The van der Waals surface area contributed by atoms with Gasteiger partial charge in [0, 0.05) is 42.1 Å². The first-order valence-electron chi connectivity index (χ1n) is 3.86. The van der Waals surface area contributed by atoms with Crippen molar-refractivity contribution in [2.45, 2.75) is 6.92 Å². The van der Waals surface area contributed by atoms with E-state index < -0.39 is 0 Å². The van der Waals surface area contributed by atoms with Gasteiger partial charge in [0.25, 0.3) is 0 Å².